The third kappa shape index (κ3) is 6.32. The van der Waals surface area contributed by atoms with Crippen LogP contribution in [0.3, 0.4) is 0 Å². The zero-order chi connectivity index (χ0) is 10.9. The fraction of sp³-hybridized carbons (Fsp3) is 1.00. The summed E-state index contributed by atoms with van der Waals surface area (Å²) >= 11 is 0. The van der Waals surface area contributed by atoms with E-state index >= 15 is 0 Å². The van der Waals surface area contributed by atoms with Gasteiger partial charge in [-0.3, -0.25) is 0 Å². The molecule has 0 heterocycles. The Morgan fingerprint density at radius 2 is 2.00 bits per heavy atom. The molecule has 0 spiro atoms. The molecule has 0 bridgehead atoms. The van der Waals surface area contributed by atoms with Crippen LogP contribution in [-0.4, -0.2) is 44.2 Å². The smallest absolute Gasteiger partial charge is 0.0767 e. The Bertz CT molecular complexity index is 127. The second-order valence-corrected chi connectivity index (χ2v) is 3.49. The summed E-state index contributed by atoms with van der Waals surface area (Å²) in [5, 5.41) is 9.83. The van der Waals surface area contributed by atoms with Crippen LogP contribution in [0.1, 0.15) is 26.2 Å². The Kier molecular flexibility index (Phi) is 8.08. The molecular formula is C10H23NO3. The van der Waals surface area contributed by atoms with Gasteiger partial charge < -0.3 is 20.3 Å². The molecule has 1 unspecified atom stereocenters. The van der Waals surface area contributed by atoms with Gasteiger partial charge in [-0.05, 0) is 19.3 Å². The molecule has 0 radical (unpaired) electrons. The number of hydrogen-bond acceptors (Lipinski definition) is 4. The molecule has 0 aliphatic rings. The van der Waals surface area contributed by atoms with Gasteiger partial charge in [-0.15, -0.1) is 0 Å². The molecule has 0 rings (SSSR count). The molecule has 4 heteroatoms. The zero-order valence-corrected chi connectivity index (χ0v) is 9.29. The largest absolute Gasteiger partial charge is 0.389 e. The molecule has 1 atom stereocenters. The van der Waals surface area contributed by atoms with Gasteiger partial charge in [0, 0.05) is 20.3 Å². The maximum atomic E-state index is 9.83. The summed E-state index contributed by atoms with van der Waals surface area (Å²) in [6.07, 6.45) is 2.24. The van der Waals surface area contributed by atoms with Crippen molar-refractivity contribution in [3.8, 4) is 0 Å². The highest BCUT2D eigenvalue weighted by atomic mass is 16.5. The van der Waals surface area contributed by atoms with E-state index in [1.165, 1.54) is 0 Å². The summed E-state index contributed by atoms with van der Waals surface area (Å²) < 4.78 is 10.1. The van der Waals surface area contributed by atoms with Crippen LogP contribution in [0.25, 0.3) is 0 Å². The predicted molar refractivity (Wildman–Crippen MR) is 56.2 cm³/mol. The number of methoxy groups -OCH3 is 1. The monoisotopic (exact) mass is 205 g/mol. The van der Waals surface area contributed by atoms with Gasteiger partial charge in [-0.2, -0.15) is 0 Å². The van der Waals surface area contributed by atoms with Crippen LogP contribution in [0, 0.1) is 0 Å². The molecule has 0 aliphatic heterocycles. The Morgan fingerprint density at radius 3 is 2.50 bits per heavy atom. The SMILES string of the molecule is CCC(O)(CN)CCCOCCOC. The number of hydrogen-bond donors (Lipinski definition) is 2. The van der Waals surface area contributed by atoms with Crippen LogP contribution in [0.15, 0.2) is 0 Å². The van der Waals surface area contributed by atoms with E-state index < -0.39 is 5.60 Å². The fourth-order valence-electron chi connectivity index (χ4n) is 1.17. The normalized spacial score (nSPS) is 15.4. The summed E-state index contributed by atoms with van der Waals surface area (Å²) in [5.74, 6) is 0. The van der Waals surface area contributed by atoms with E-state index in [-0.39, 0.29) is 0 Å². The lowest BCUT2D eigenvalue weighted by atomic mass is 9.95. The third-order valence-electron chi connectivity index (χ3n) is 2.40. The minimum absolute atomic E-state index is 0.321. The molecule has 0 aliphatic carbocycles. The van der Waals surface area contributed by atoms with Gasteiger partial charge in [0.25, 0.3) is 0 Å². The first-order valence-electron chi connectivity index (χ1n) is 5.17. The predicted octanol–water partition coefficient (Wildman–Crippen LogP) is 0.529. The van der Waals surface area contributed by atoms with Crippen molar-refractivity contribution in [1.82, 2.24) is 0 Å². The Morgan fingerprint density at radius 1 is 1.29 bits per heavy atom. The molecule has 0 fully saturated rings. The quantitative estimate of drug-likeness (QED) is 0.539. The number of nitrogens with two attached hydrogens (primary N) is 1. The molecule has 3 N–H and O–H groups in total. The van der Waals surface area contributed by atoms with Gasteiger partial charge in [0.2, 0.25) is 0 Å². The number of rotatable bonds is 9. The maximum absolute atomic E-state index is 9.83. The van der Waals surface area contributed by atoms with E-state index in [0.29, 0.717) is 39.2 Å². The molecular weight excluding hydrogens is 182 g/mol. The van der Waals surface area contributed by atoms with Gasteiger partial charge >= 0.3 is 0 Å². The van der Waals surface area contributed by atoms with Gasteiger partial charge in [0.15, 0.2) is 0 Å². The lowest BCUT2D eigenvalue weighted by molar-refractivity contribution is 0.0179. The first kappa shape index (κ1) is 13.8. The average molecular weight is 205 g/mol. The van der Waals surface area contributed by atoms with E-state index in [2.05, 4.69) is 0 Å². The van der Waals surface area contributed by atoms with Crippen molar-refractivity contribution in [1.29, 1.82) is 0 Å². The summed E-state index contributed by atoms with van der Waals surface area (Å²) in [6, 6.07) is 0. The van der Waals surface area contributed by atoms with Crippen molar-refractivity contribution in [2.45, 2.75) is 31.8 Å². The summed E-state index contributed by atoms with van der Waals surface area (Å²) in [7, 11) is 1.65. The van der Waals surface area contributed by atoms with E-state index in [1.807, 2.05) is 6.92 Å². The highest BCUT2D eigenvalue weighted by Crippen LogP contribution is 2.15. The van der Waals surface area contributed by atoms with Crippen LogP contribution in [0.2, 0.25) is 0 Å². The average Bonchev–Trinajstić information content (AvgIpc) is 2.23. The minimum Gasteiger partial charge on any atom is -0.389 e. The van der Waals surface area contributed by atoms with Gasteiger partial charge in [0.05, 0.1) is 18.8 Å². The topological polar surface area (TPSA) is 64.7 Å². The van der Waals surface area contributed by atoms with Gasteiger partial charge in [-0.25, -0.2) is 0 Å². The van der Waals surface area contributed by atoms with Crippen LogP contribution in [-0.2, 0) is 9.47 Å². The van der Waals surface area contributed by atoms with E-state index in [1.54, 1.807) is 7.11 Å². The van der Waals surface area contributed by atoms with E-state index in [4.69, 9.17) is 15.2 Å². The number of ether oxygens (including phenoxy) is 2. The van der Waals surface area contributed by atoms with Gasteiger partial charge in [-0.1, -0.05) is 6.92 Å². The molecule has 0 aromatic rings. The number of aliphatic hydroxyl groups is 1. The molecule has 4 nitrogen and oxygen atoms in total. The molecule has 0 saturated carbocycles. The van der Waals surface area contributed by atoms with Crippen molar-refractivity contribution in [2.24, 2.45) is 5.73 Å². The van der Waals surface area contributed by atoms with Gasteiger partial charge in [0.1, 0.15) is 0 Å². The molecule has 86 valence electrons. The van der Waals surface area contributed by atoms with Crippen LogP contribution < -0.4 is 5.73 Å². The maximum Gasteiger partial charge on any atom is 0.0767 e. The lowest BCUT2D eigenvalue weighted by Crippen LogP contribution is -2.37. The highest BCUT2D eigenvalue weighted by Gasteiger charge is 2.21. The van der Waals surface area contributed by atoms with E-state index in [9.17, 15) is 5.11 Å². The minimum atomic E-state index is -0.704. The van der Waals surface area contributed by atoms with Crippen molar-refractivity contribution in [2.75, 3.05) is 33.5 Å². The molecule has 0 aromatic carbocycles. The molecule has 0 saturated heterocycles. The summed E-state index contributed by atoms with van der Waals surface area (Å²) in [6.45, 7) is 4.16. The molecule has 14 heavy (non-hydrogen) atoms. The Labute approximate surface area is 86.4 Å². The standard InChI is InChI=1S/C10H23NO3/c1-3-10(12,9-11)5-4-6-14-8-7-13-2/h12H,3-9,11H2,1-2H3. The molecule has 0 aromatic heterocycles. The van der Waals surface area contributed by atoms with Crippen molar-refractivity contribution in [3.63, 3.8) is 0 Å². The first-order chi connectivity index (χ1) is 6.68. The second kappa shape index (κ2) is 8.17. The highest BCUT2D eigenvalue weighted by molar-refractivity contribution is 4.77. The van der Waals surface area contributed by atoms with Crippen LogP contribution >= 0.6 is 0 Å². The second-order valence-electron chi connectivity index (χ2n) is 3.49. The lowest BCUT2D eigenvalue weighted by Gasteiger charge is -2.24. The summed E-state index contributed by atoms with van der Waals surface area (Å²) in [5.41, 5.74) is 4.77. The Hall–Kier alpha value is -0.160. The van der Waals surface area contributed by atoms with Crippen LogP contribution in [0.5, 0.6) is 0 Å². The zero-order valence-electron chi connectivity index (χ0n) is 9.29. The van der Waals surface area contributed by atoms with Crippen LogP contribution in [0.4, 0.5) is 0 Å². The fourth-order valence-corrected chi connectivity index (χ4v) is 1.17. The molecule has 0 amide bonds. The first-order valence-corrected chi connectivity index (χ1v) is 5.17. The third-order valence-corrected chi connectivity index (χ3v) is 2.40. The van der Waals surface area contributed by atoms with Crippen molar-refractivity contribution in [3.05, 3.63) is 0 Å². The van der Waals surface area contributed by atoms with E-state index in [0.717, 1.165) is 6.42 Å². The van der Waals surface area contributed by atoms with Crippen molar-refractivity contribution < 1.29 is 14.6 Å². The Balaban J connectivity index is 3.34. The van der Waals surface area contributed by atoms with Crippen molar-refractivity contribution >= 4 is 0 Å². The summed E-state index contributed by atoms with van der Waals surface area (Å²) in [4.78, 5) is 0.